The number of hydrogen-bond acceptors (Lipinski definition) is 1. The Bertz CT molecular complexity index is 579. The van der Waals surface area contributed by atoms with Crippen LogP contribution in [-0.2, 0) is 0 Å². The summed E-state index contributed by atoms with van der Waals surface area (Å²) in [5.41, 5.74) is 9.41. The van der Waals surface area contributed by atoms with E-state index in [2.05, 4.69) is 0 Å². The summed E-state index contributed by atoms with van der Waals surface area (Å²) < 4.78 is 26.5. The van der Waals surface area contributed by atoms with Gasteiger partial charge in [-0.05, 0) is 36.6 Å². The van der Waals surface area contributed by atoms with Crippen LogP contribution < -0.4 is 5.73 Å². The third-order valence-electron chi connectivity index (χ3n) is 3.19. The van der Waals surface area contributed by atoms with E-state index in [9.17, 15) is 8.78 Å². The van der Waals surface area contributed by atoms with Gasteiger partial charge in [0.15, 0.2) is 0 Å². The van der Waals surface area contributed by atoms with Gasteiger partial charge < -0.3 is 5.73 Å². The quantitative estimate of drug-likeness (QED) is 0.861. The third kappa shape index (κ3) is 2.41. The van der Waals surface area contributed by atoms with E-state index in [1.54, 1.807) is 0 Å². The molecule has 0 aliphatic carbocycles. The summed E-state index contributed by atoms with van der Waals surface area (Å²) in [7, 11) is 0. The monoisotopic (exact) mass is 247 g/mol. The van der Waals surface area contributed by atoms with Crippen molar-refractivity contribution in [3.63, 3.8) is 0 Å². The standard InChI is InChI=1S/C15H15F2N/c1-9-3-4-11(7-10(9)2)15(18)13-6-5-12(16)8-14(13)17/h3-8,15H,18H2,1-2H3. The van der Waals surface area contributed by atoms with Gasteiger partial charge in [-0.25, -0.2) is 8.78 Å². The first-order chi connectivity index (χ1) is 8.49. The van der Waals surface area contributed by atoms with E-state index in [0.29, 0.717) is 5.56 Å². The lowest BCUT2D eigenvalue weighted by atomic mass is 9.96. The Balaban J connectivity index is 2.41. The molecule has 2 aromatic carbocycles. The third-order valence-corrected chi connectivity index (χ3v) is 3.19. The maximum absolute atomic E-state index is 13.6. The maximum atomic E-state index is 13.6. The molecule has 1 nitrogen and oxygen atoms in total. The Morgan fingerprint density at radius 1 is 0.944 bits per heavy atom. The number of halogens is 2. The molecule has 0 amide bonds. The minimum absolute atomic E-state index is 0.305. The molecular weight excluding hydrogens is 232 g/mol. The zero-order valence-corrected chi connectivity index (χ0v) is 10.4. The first-order valence-corrected chi connectivity index (χ1v) is 5.76. The van der Waals surface area contributed by atoms with Gasteiger partial charge >= 0.3 is 0 Å². The number of nitrogens with two attached hydrogens (primary N) is 1. The number of rotatable bonds is 2. The second kappa shape index (κ2) is 4.86. The van der Waals surface area contributed by atoms with Crippen molar-refractivity contribution < 1.29 is 8.78 Å². The van der Waals surface area contributed by atoms with Crippen LogP contribution in [0.3, 0.4) is 0 Å². The molecule has 1 unspecified atom stereocenters. The Kier molecular flexibility index (Phi) is 3.43. The van der Waals surface area contributed by atoms with Crippen molar-refractivity contribution in [2.45, 2.75) is 19.9 Å². The zero-order chi connectivity index (χ0) is 13.3. The molecule has 0 bridgehead atoms. The first-order valence-electron chi connectivity index (χ1n) is 5.76. The van der Waals surface area contributed by atoms with Gasteiger partial charge in [-0.2, -0.15) is 0 Å². The summed E-state index contributed by atoms with van der Waals surface area (Å²) in [6.45, 7) is 3.98. The highest BCUT2D eigenvalue weighted by atomic mass is 19.1. The Morgan fingerprint density at radius 3 is 2.28 bits per heavy atom. The van der Waals surface area contributed by atoms with Crippen molar-refractivity contribution in [2.24, 2.45) is 5.73 Å². The molecule has 0 radical (unpaired) electrons. The summed E-state index contributed by atoms with van der Waals surface area (Å²) in [5.74, 6) is -1.20. The van der Waals surface area contributed by atoms with Crippen LogP contribution in [0.4, 0.5) is 8.78 Å². The smallest absolute Gasteiger partial charge is 0.131 e. The topological polar surface area (TPSA) is 26.0 Å². The molecule has 2 aromatic rings. The SMILES string of the molecule is Cc1ccc(C(N)c2ccc(F)cc2F)cc1C. The lowest BCUT2D eigenvalue weighted by molar-refractivity contribution is 0.566. The molecule has 94 valence electrons. The molecule has 2 rings (SSSR count). The summed E-state index contributed by atoms with van der Waals surface area (Å²) in [4.78, 5) is 0. The van der Waals surface area contributed by atoms with Crippen LogP contribution in [-0.4, -0.2) is 0 Å². The number of aryl methyl sites for hydroxylation is 2. The van der Waals surface area contributed by atoms with Crippen molar-refractivity contribution in [1.82, 2.24) is 0 Å². The van der Waals surface area contributed by atoms with Crippen molar-refractivity contribution in [3.05, 3.63) is 70.3 Å². The van der Waals surface area contributed by atoms with Crippen molar-refractivity contribution in [2.75, 3.05) is 0 Å². The molecule has 1 atom stereocenters. The molecule has 0 fully saturated rings. The minimum Gasteiger partial charge on any atom is -0.320 e. The minimum atomic E-state index is -0.610. The predicted octanol–water partition coefficient (Wildman–Crippen LogP) is 3.63. The normalized spacial score (nSPS) is 12.5. The van der Waals surface area contributed by atoms with Gasteiger partial charge in [0.05, 0.1) is 6.04 Å². The highest BCUT2D eigenvalue weighted by Gasteiger charge is 2.14. The largest absolute Gasteiger partial charge is 0.320 e. The first kappa shape index (κ1) is 12.7. The van der Waals surface area contributed by atoms with Crippen LogP contribution in [0.25, 0.3) is 0 Å². The molecule has 0 aromatic heterocycles. The van der Waals surface area contributed by atoms with Crippen molar-refractivity contribution in [1.29, 1.82) is 0 Å². The second-order valence-corrected chi connectivity index (χ2v) is 4.49. The Hall–Kier alpha value is -1.74. The fourth-order valence-corrected chi connectivity index (χ4v) is 1.89. The summed E-state index contributed by atoms with van der Waals surface area (Å²) in [5, 5.41) is 0. The fraction of sp³-hybridized carbons (Fsp3) is 0.200. The van der Waals surface area contributed by atoms with Gasteiger partial charge in [0, 0.05) is 11.6 Å². The highest BCUT2D eigenvalue weighted by Crippen LogP contribution is 2.24. The van der Waals surface area contributed by atoms with Crippen LogP contribution in [0.1, 0.15) is 28.3 Å². The molecule has 3 heteroatoms. The van der Waals surface area contributed by atoms with E-state index in [1.165, 1.54) is 12.1 Å². The van der Waals surface area contributed by atoms with Crippen LogP contribution >= 0.6 is 0 Å². The molecule has 0 aliphatic rings. The van der Waals surface area contributed by atoms with Gasteiger partial charge in [0.25, 0.3) is 0 Å². The summed E-state index contributed by atoms with van der Waals surface area (Å²) >= 11 is 0. The summed E-state index contributed by atoms with van der Waals surface area (Å²) in [6, 6.07) is 8.65. The Morgan fingerprint density at radius 2 is 1.67 bits per heavy atom. The number of benzene rings is 2. The lowest BCUT2D eigenvalue weighted by Crippen LogP contribution is -2.14. The molecule has 0 saturated heterocycles. The van der Waals surface area contributed by atoms with Crippen LogP contribution in [0.15, 0.2) is 36.4 Å². The lowest BCUT2D eigenvalue weighted by Gasteiger charge is -2.15. The zero-order valence-electron chi connectivity index (χ0n) is 10.4. The van der Waals surface area contributed by atoms with Crippen LogP contribution in [0, 0.1) is 25.5 Å². The molecule has 0 saturated carbocycles. The average Bonchev–Trinajstić information content (AvgIpc) is 2.32. The number of hydrogen-bond donors (Lipinski definition) is 1. The summed E-state index contributed by atoms with van der Waals surface area (Å²) in [6.07, 6.45) is 0. The molecule has 18 heavy (non-hydrogen) atoms. The van der Waals surface area contributed by atoms with E-state index in [-0.39, 0.29) is 0 Å². The maximum Gasteiger partial charge on any atom is 0.131 e. The van der Waals surface area contributed by atoms with Gasteiger partial charge in [0.2, 0.25) is 0 Å². The Labute approximate surface area is 105 Å². The van der Waals surface area contributed by atoms with E-state index >= 15 is 0 Å². The highest BCUT2D eigenvalue weighted by molar-refractivity contribution is 5.37. The molecule has 2 N–H and O–H groups in total. The van der Waals surface area contributed by atoms with E-state index in [4.69, 9.17) is 5.73 Å². The van der Waals surface area contributed by atoms with Gasteiger partial charge in [-0.15, -0.1) is 0 Å². The molecular formula is C15H15F2N. The molecule has 0 aliphatic heterocycles. The van der Waals surface area contributed by atoms with Crippen LogP contribution in [0.5, 0.6) is 0 Å². The fourth-order valence-electron chi connectivity index (χ4n) is 1.89. The van der Waals surface area contributed by atoms with Gasteiger partial charge in [-0.1, -0.05) is 24.3 Å². The second-order valence-electron chi connectivity index (χ2n) is 4.49. The van der Waals surface area contributed by atoms with E-state index < -0.39 is 17.7 Å². The predicted molar refractivity (Wildman–Crippen MR) is 68.3 cm³/mol. The van der Waals surface area contributed by atoms with E-state index in [0.717, 1.165) is 22.8 Å². The van der Waals surface area contributed by atoms with Gasteiger partial charge in [0.1, 0.15) is 11.6 Å². The average molecular weight is 247 g/mol. The molecule has 0 heterocycles. The van der Waals surface area contributed by atoms with Gasteiger partial charge in [-0.3, -0.25) is 0 Å². The van der Waals surface area contributed by atoms with Crippen molar-refractivity contribution in [3.8, 4) is 0 Å². The van der Waals surface area contributed by atoms with Crippen LogP contribution in [0.2, 0.25) is 0 Å². The van der Waals surface area contributed by atoms with Crippen molar-refractivity contribution >= 4 is 0 Å². The van der Waals surface area contributed by atoms with E-state index in [1.807, 2.05) is 32.0 Å². The molecule has 0 spiro atoms.